The van der Waals surface area contributed by atoms with Crippen LogP contribution >= 0.6 is 0 Å². The maximum Gasteiger partial charge on any atom is 0.217 e. The highest BCUT2D eigenvalue weighted by atomic mass is 19.1. The van der Waals surface area contributed by atoms with Crippen molar-refractivity contribution in [1.29, 1.82) is 0 Å². The number of halogens is 1. The molecule has 1 aliphatic rings. The SMILES string of the molecule is CC1=CC(O)Oc2cc(OCc3cc4cc(F)cc(C)c4o3)ccc21. The van der Waals surface area contributed by atoms with Gasteiger partial charge in [0.25, 0.3) is 0 Å². The second-order valence-corrected chi connectivity index (χ2v) is 6.16. The Kier molecular flexibility index (Phi) is 3.73. The molecule has 1 aliphatic heterocycles. The van der Waals surface area contributed by atoms with Gasteiger partial charge in [0.1, 0.15) is 35.3 Å². The Bertz CT molecular complexity index is 987. The molecule has 0 aliphatic carbocycles. The van der Waals surface area contributed by atoms with Gasteiger partial charge in [-0.15, -0.1) is 0 Å². The lowest BCUT2D eigenvalue weighted by atomic mass is 10.0. The molecule has 1 N–H and O–H groups in total. The number of hydrogen-bond acceptors (Lipinski definition) is 4. The van der Waals surface area contributed by atoms with Crippen molar-refractivity contribution in [2.45, 2.75) is 26.7 Å². The second-order valence-electron chi connectivity index (χ2n) is 6.16. The minimum Gasteiger partial charge on any atom is -0.486 e. The number of hydrogen-bond donors (Lipinski definition) is 1. The summed E-state index contributed by atoms with van der Waals surface area (Å²) in [6.07, 6.45) is 0.703. The number of aryl methyl sites for hydroxylation is 1. The van der Waals surface area contributed by atoms with Crippen molar-refractivity contribution in [1.82, 2.24) is 0 Å². The van der Waals surface area contributed by atoms with Gasteiger partial charge in [-0.05, 0) is 61.4 Å². The van der Waals surface area contributed by atoms with Crippen LogP contribution in [0.15, 0.2) is 46.9 Å². The number of allylic oxidation sites excluding steroid dienone is 1. The first-order valence-electron chi connectivity index (χ1n) is 7.98. The van der Waals surface area contributed by atoms with Crippen molar-refractivity contribution >= 4 is 16.5 Å². The van der Waals surface area contributed by atoms with Gasteiger partial charge in [0.15, 0.2) is 0 Å². The number of furan rings is 1. The van der Waals surface area contributed by atoms with Crippen molar-refractivity contribution < 1.29 is 23.4 Å². The molecule has 5 heteroatoms. The molecule has 128 valence electrons. The number of aliphatic hydroxyl groups is 1. The molecule has 3 aromatic rings. The van der Waals surface area contributed by atoms with Gasteiger partial charge in [0, 0.05) is 17.0 Å². The van der Waals surface area contributed by atoms with Crippen LogP contribution in [0, 0.1) is 12.7 Å². The molecule has 2 heterocycles. The standard InChI is InChI=1S/C20H17FO4/c1-11-6-19(22)25-18-9-15(3-4-17(11)18)23-10-16-8-13-7-14(21)5-12(2)20(13)24-16/h3-9,19,22H,10H2,1-2H3. The lowest BCUT2D eigenvalue weighted by Gasteiger charge is -2.21. The summed E-state index contributed by atoms with van der Waals surface area (Å²) >= 11 is 0. The smallest absolute Gasteiger partial charge is 0.217 e. The van der Waals surface area contributed by atoms with E-state index in [1.807, 2.05) is 26.0 Å². The number of aliphatic hydroxyl groups excluding tert-OH is 1. The van der Waals surface area contributed by atoms with Crippen LogP contribution in [0.3, 0.4) is 0 Å². The van der Waals surface area contributed by atoms with Gasteiger partial charge in [-0.25, -0.2) is 4.39 Å². The minimum absolute atomic E-state index is 0.214. The molecule has 4 rings (SSSR count). The van der Waals surface area contributed by atoms with E-state index in [1.165, 1.54) is 12.1 Å². The van der Waals surface area contributed by atoms with Crippen LogP contribution in [0.2, 0.25) is 0 Å². The van der Waals surface area contributed by atoms with Crippen molar-refractivity contribution in [3.63, 3.8) is 0 Å². The lowest BCUT2D eigenvalue weighted by molar-refractivity contribution is 0.0223. The third-order valence-corrected chi connectivity index (χ3v) is 4.22. The summed E-state index contributed by atoms with van der Waals surface area (Å²) in [6, 6.07) is 10.1. The highest BCUT2D eigenvalue weighted by Gasteiger charge is 2.17. The maximum absolute atomic E-state index is 13.5. The fourth-order valence-electron chi connectivity index (χ4n) is 3.05. The van der Waals surface area contributed by atoms with E-state index in [2.05, 4.69) is 0 Å². The summed E-state index contributed by atoms with van der Waals surface area (Å²) in [7, 11) is 0. The van der Waals surface area contributed by atoms with E-state index in [0.717, 1.165) is 16.7 Å². The van der Waals surface area contributed by atoms with E-state index < -0.39 is 6.29 Å². The normalized spacial score (nSPS) is 16.3. The number of benzene rings is 2. The summed E-state index contributed by atoms with van der Waals surface area (Å²) in [4.78, 5) is 0. The fraction of sp³-hybridized carbons (Fsp3) is 0.200. The van der Waals surface area contributed by atoms with Crippen LogP contribution < -0.4 is 9.47 Å². The lowest BCUT2D eigenvalue weighted by Crippen LogP contribution is -2.17. The first-order valence-corrected chi connectivity index (χ1v) is 7.98. The number of ether oxygens (including phenoxy) is 2. The summed E-state index contributed by atoms with van der Waals surface area (Å²) < 4.78 is 30.4. The van der Waals surface area contributed by atoms with Gasteiger partial charge >= 0.3 is 0 Å². The third kappa shape index (κ3) is 2.98. The molecule has 2 aromatic carbocycles. The maximum atomic E-state index is 13.5. The molecule has 0 saturated carbocycles. The Balaban J connectivity index is 1.55. The molecular formula is C20H17FO4. The molecule has 1 aromatic heterocycles. The van der Waals surface area contributed by atoms with Crippen LogP contribution in [0.4, 0.5) is 4.39 Å². The van der Waals surface area contributed by atoms with E-state index in [1.54, 1.807) is 18.2 Å². The fourth-order valence-corrected chi connectivity index (χ4v) is 3.05. The first kappa shape index (κ1) is 15.7. The molecule has 0 bridgehead atoms. The summed E-state index contributed by atoms with van der Waals surface area (Å²) in [5, 5.41) is 10.4. The van der Waals surface area contributed by atoms with E-state index >= 15 is 0 Å². The van der Waals surface area contributed by atoms with Gasteiger partial charge in [-0.1, -0.05) is 0 Å². The molecule has 1 atom stereocenters. The molecule has 0 amide bonds. The number of rotatable bonds is 3. The Labute approximate surface area is 144 Å². The third-order valence-electron chi connectivity index (χ3n) is 4.22. The van der Waals surface area contributed by atoms with Crippen molar-refractivity contribution in [2.75, 3.05) is 0 Å². The van der Waals surface area contributed by atoms with E-state index in [-0.39, 0.29) is 12.4 Å². The van der Waals surface area contributed by atoms with Crippen molar-refractivity contribution in [3.05, 3.63) is 65.2 Å². The summed E-state index contributed by atoms with van der Waals surface area (Å²) in [6.45, 7) is 3.94. The Morgan fingerprint density at radius 3 is 2.84 bits per heavy atom. The predicted molar refractivity (Wildman–Crippen MR) is 92.0 cm³/mol. The quantitative estimate of drug-likeness (QED) is 0.759. The molecule has 25 heavy (non-hydrogen) atoms. The van der Waals surface area contributed by atoms with E-state index in [0.29, 0.717) is 28.2 Å². The van der Waals surface area contributed by atoms with Gasteiger partial charge in [-0.2, -0.15) is 0 Å². The average molecular weight is 340 g/mol. The molecule has 0 fully saturated rings. The molecule has 0 saturated heterocycles. The Morgan fingerprint density at radius 1 is 1.16 bits per heavy atom. The van der Waals surface area contributed by atoms with Crippen LogP contribution in [0.5, 0.6) is 11.5 Å². The van der Waals surface area contributed by atoms with Crippen LogP contribution in [-0.4, -0.2) is 11.4 Å². The highest BCUT2D eigenvalue weighted by molar-refractivity contribution is 5.81. The van der Waals surface area contributed by atoms with Gasteiger partial charge in [0.2, 0.25) is 6.29 Å². The zero-order chi connectivity index (χ0) is 17.6. The zero-order valence-electron chi connectivity index (χ0n) is 13.9. The van der Waals surface area contributed by atoms with Gasteiger partial charge < -0.3 is 19.0 Å². The summed E-state index contributed by atoms with van der Waals surface area (Å²) in [5.74, 6) is 1.50. The van der Waals surface area contributed by atoms with Gasteiger partial charge in [-0.3, -0.25) is 0 Å². The topological polar surface area (TPSA) is 51.8 Å². The van der Waals surface area contributed by atoms with Crippen LogP contribution in [0.1, 0.15) is 23.8 Å². The van der Waals surface area contributed by atoms with Crippen LogP contribution in [-0.2, 0) is 6.61 Å². The molecular weight excluding hydrogens is 323 g/mol. The zero-order valence-corrected chi connectivity index (χ0v) is 13.9. The molecule has 1 unspecified atom stereocenters. The van der Waals surface area contributed by atoms with Crippen molar-refractivity contribution in [3.8, 4) is 11.5 Å². The average Bonchev–Trinajstić information content (AvgIpc) is 2.95. The first-order chi connectivity index (χ1) is 12.0. The molecule has 4 nitrogen and oxygen atoms in total. The van der Waals surface area contributed by atoms with Gasteiger partial charge in [0.05, 0.1) is 0 Å². The van der Waals surface area contributed by atoms with Crippen molar-refractivity contribution in [2.24, 2.45) is 0 Å². The predicted octanol–water partition coefficient (Wildman–Crippen LogP) is 4.57. The Hall–Kier alpha value is -2.79. The monoisotopic (exact) mass is 340 g/mol. The van der Waals surface area contributed by atoms with Crippen LogP contribution in [0.25, 0.3) is 16.5 Å². The second kappa shape index (κ2) is 5.93. The highest BCUT2D eigenvalue weighted by Crippen LogP contribution is 2.34. The van der Waals surface area contributed by atoms with E-state index in [4.69, 9.17) is 13.9 Å². The summed E-state index contributed by atoms with van der Waals surface area (Å²) in [5.41, 5.74) is 3.29. The van der Waals surface area contributed by atoms with E-state index in [9.17, 15) is 9.50 Å². The molecule has 0 radical (unpaired) electrons. The Morgan fingerprint density at radius 2 is 2.00 bits per heavy atom. The molecule has 0 spiro atoms. The largest absolute Gasteiger partial charge is 0.486 e. The number of fused-ring (bicyclic) bond motifs is 2. The minimum atomic E-state index is -0.948.